The Morgan fingerprint density at radius 1 is 1.38 bits per heavy atom. The monoisotopic (exact) mass is 321 g/mol. The van der Waals surface area contributed by atoms with Gasteiger partial charge >= 0.3 is 0 Å². The molecule has 2 aromatic heterocycles. The third-order valence-electron chi connectivity index (χ3n) is 2.86. The van der Waals surface area contributed by atoms with Crippen LogP contribution in [0.5, 0.6) is 0 Å². The third-order valence-corrected chi connectivity index (χ3v) is 4.23. The quantitative estimate of drug-likeness (QED) is 0.751. The van der Waals surface area contributed by atoms with Crippen molar-refractivity contribution in [2.75, 3.05) is 11.1 Å². The Bertz CT molecular complexity index is 829. The standard InChI is InChI=1S/C14H9ClFN3OS/c15-7-3-8(16)5-9(4-7)19-14(20)13-12(17)10-1-2-18-6-11(10)21-13/h1-6H,17H2,(H,19,20). The van der Waals surface area contributed by atoms with Crippen LogP contribution in [0.1, 0.15) is 9.67 Å². The zero-order valence-electron chi connectivity index (χ0n) is 10.6. The van der Waals surface area contributed by atoms with Crippen LogP contribution in [0.25, 0.3) is 10.1 Å². The molecule has 21 heavy (non-hydrogen) atoms. The molecule has 3 N–H and O–H groups in total. The van der Waals surface area contributed by atoms with Crippen LogP contribution >= 0.6 is 22.9 Å². The SMILES string of the molecule is Nc1c(C(=O)Nc2cc(F)cc(Cl)c2)sc2cnccc12. The number of nitrogens with zero attached hydrogens (tertiary/aromatic N) is 1. The summed E-state index contributed by atoms with van der Waals surface area (Å²) in [5.41, 5.74) is 6.64. The third kappa shape index (κ3) is 2.68. The number of carbonyl (C=O) groups excluding carboxylic acids is 1. The number of pyridine rings is 1. The van der Waals surface area contributed by atoms with Crippen LogP contribution in [0.3, 0.4) is 0 Å². The first-order valence-corrected chi connectivity index (χ1v) is 7.13. The first kappa shape index (κ1) is 13.8. The molecule has 4 nitrogen and oxygen atoms in total. The van der Waals surface area contributed by atoms with Gasteiger partial charge in [-0.2, -0.15) is 0 Å². The van der Waals surface area contributed by atoms with Gasteiger partial charge in [0.25, 0.3) is 5.91 Å². The first-order chi connectivity index (χ1) is 10.0. The summed E-state index contributed by atoms with van der Waals surface area (Å²) in [5, 5.41) is 3.57. The van der Waals surface area contributed by atoms with Crippen molar-refractivity contribution < 1.29 is 9.18 Å². The molecule has 3 aromatic rings. The highest BCUT2D eigenvalue weighted by atomic mass is 35.5. The maximum absolute atomic E-state index is 13.3. The molecule has 0 saturated heterocycles. The van der Waals surface area contributed by atoms with Crippen LogP contribution in [0.4, 0.5) is 15.8 Å². The number of fused-ring (bicyclic) bond motifs is 1. The van der Waals surface area contributed by atoms with Gasteiger partial charge < -0.3 is 11.1 Å². The second-order valence-electron chi connectivity index (χ2n) is 4.33. The molecule has 0 aliphatic rings. The molecule has 1 amide bonds. The summed E-state index contributed by atoms with van der Waals surface area (Å²) in [6.45, 7) is 0. The van der Waals surface area contributed by atoms with E-state index in [4.69, 9.17) is 17.3 Å². The molecule has 0 radical (unpaired) electrons. The van der Waals surface area contributed by atoms with Gasteiger partial charge in [-0.15, -0.1) is 11.3 Å². The van der Waals surface area contributed by atoms with Gasteiger partial charge in [0.15, 0.2) is 0 Å². The lowest BCUT2D eigenvalue weighted by molar-refractivity contribution is 0.103. The van der Waals surface area contributed by atoms with Crippen molar-refractivity contribution in [1.82, 2.24) is 4.98 Å². The number of amides is 1. The van der Waals surface area contributed by atoms with Gasteiger partial charge in [0.2, 0.25) is 0 Å². The number of halogens is 2. The largest absolute Gasteiger partial charge is 0.397 e. The molecule has 106 valence electrons. The van der Waals surface area contributed by atoms with Crippen LogP contribution < -0.4 is 11.1 Å². The second kappa shape index (κ2) is 5.31. The lowest BCUT2D eigenvalue weighted by atomic mass is 10.2. The topological polar surface area (TPSA) is 68.0 Å². The Hall–Kier alpha value is -2.18. The number of carbonyl (C=O) groups is 1. The summed E-state index contributed by atoms with van der Waals surface area (Å²) in [7, 11) is 0. The molecular formula is C14H9ClFN3OS. The number of nitrogen functional groups attached to an aromatic ring is 1. The van der Waals surface area contributed by atoms with Crippen molar-refractivity contribution in [3.8, 4) is 0 Å². The van der Waals surface area contributed by atoms with Crippen molar-refractivity contribution in [1.29, 1.82) is 0 Å². The van der Waals surface area contributed by atoms with Crippen LogP contribution in [0.2, 0.25) is 5.02 Å². The number of benzene rings is 1. The highest BCUT2D eigenvalue weighted by Crippen LogP contribution is 2.33. The summed E-state index contributed by atoms with van der Waals surface area (Å²) < 4.78 is 14.1. The van der Waals surface area contributed by atoms with Gasteiger partial charge in [-0.25, -0.2) is 4.39 Å². The molecule has 0 aliphatic carbocycles. The molecule has 0 spiro atoms. The average Bonchev–Trinajstić information content (AvgIpc) is 2.76. The molecule has 0 atom stereocenters. The average molecular weight is 322 g/mol. The minimum Gasteiger partial charge on any atom is -0.397 e. The Labute approximate surface area is 128 Å². The molecule has 0 saturated carbocycles. The summed E-state index contributed by atoms with van der Waals surface area (Å²) in [6.07, 6.45) is 3.26. The Morgan fingerprint density at radius 2 is 2.19 bits per heavy atom. The molecule has 3 rings (SSSR count). The van der Waals surface area contributed by atoms with Gasteiger partial charge in [0, 0.05) is 28.5 Å². The van der Waals surface area contributed by atoms with E-state index in [9.17, 15) is 9.18 Å². The van der Waals surface area contributed by atoms with Gasteiger partial charge in [-0.05, 0) is 24.3 Å². The van der Waals surface area contributed by atoms with E-state index in [2.05, 4.69) is 10.3 Å². The predicted molar refractivity (Wildman–Crippen MR) is 83.4 cm³/mol. The summed E-state index contributed by atoms with van der Waals surface area (Å²) >= 11 is 6.99. The molecular weight excluding hydrogens is 313 g/mol. The van der Waals surface area contributed by atoms with Gasteiger partial charge in [0.05, 0.1) is 10.4 Å². The molecule has 2 heterocycles. The second-order valence-corrected chi connectivity index (χ2v) is 5.82. The van der Waals surface area contributed by atoms with E-state index in [-0.39, 0.29) is 10.7 Å². The van der Waals surface area contributed by atoms with Gasteiger partial charge in [-0.3, -0.25) is 9.78 Å². The number of nitrogens with two attached hydrogens (primary N) is 1. The van der Waals surface area contributed by atoms with E-state index < -0.39 is 11.7 Å². The summed E-state index contributed by atoms with van der Waals surface area (Å²) in [5.74, 6) is -0.929. The van der Waals surface area contributed by atoms with Crippen molar-refractivity contribution >= 4 is 50.3 Å². The Morgan fingerprint density at radius 3 is 2.90 bits per heavy atom. The number of anilines is 2. The van der Waals surface area contributed by atoms with Crippen LogP contribution in [0.15, 0.2) is 36.7 Å². The highest BCUT2D eigenvalue weighted by molar-refractivity contribution is 7.21. The molecule has 0 unspecified atom stereocenters. The first-order valence-electron chi connectivity index (χ1n) is 5.94. The van der Waals surface area contributed by atoms with Gasteiger partial charge in [0.1, 0.15) is 10.7 Å². The maximum atomic E-state index is 13.3. The highest BCUT2D eigenvalue weighted by Gasteiger charge is 2.16. The van der Waals surface area contributed by atoms with Crippen LogP contribution in [-0.4, -0.2) is 10.9 Å². The molecule has 0 aliphatic heterocycles. The number of hydrogen-bond acceptors (Lipinski definition) is 4. The predicted octanol–water partition coefficient (Wildman–Crippen LogP) is 3.92. The van der Waals surface area contributed by atoms with E-state index >= 15 is 0 Å². The zero-order chi connectivity index (χ0) is 15.0. The number of aromatic nitrogens is 1. The zero-order valence-corrected chi connectivity index (χ0v) is 12.1. The molecule has 7 heteroatoms. The van der Waals surface area contributed by atoms with E-state index in [1.165, 1.54) is 23.5 Å². The fraction of sp³-hybridized carbons (Fsp3) is 0. The number of rotatable bonds is 2. The van der Waals surface area contributed by atoms with Crippen molar-refractivity contribution in [2.24, 2.45) is 0 Å². The van der Waals surface area contributed by atoms with Crippen LogP contribution in [-0.2, 0) is 0 Å². The van der Waals surface area contributed by atoms with Crippen LogP contribution in [0, 0.1) is 5.82 Å². The summed E-state index contributed by atoms with van der Waals surface area (Å²) in [6, 6.07) is 5.57. The molecule has 0 bridgehead atoms. The normalized spacial score (nSPS) is 10.8. The fourth-order valence-electron chi connectivity index (χ4n) is 1.95. The lowest BCUT2D eigenvalue weighted by Gasteiger charge is -2.05. The minimum absolute atomic E-state index is 0.207. The Balaban J connectivity index is 1.95. The van der Waals surface area contributed by atoms with E-state index in [0.717, 1.165) is 16.2 Å². The van der Waals surface area contributed by atoms with E-state index in [0.29, 0.717) is 10.6 Å². The maximum Gasteiger partial charge on any atom is 0.267 e. The lowest BCUT2D eigenvalue weighted by Crippen LogP contribution is -2.12. The van der Waals surface area contributed by atoms with Crippen molar-refractivity contribution in [2.45, 2.75) is 0 Å². The fourth-order valence-corrected chi connectivity index (χ4v) is 3.16. The Kier molecular flexibility index (Phi) is 3.48. The summed E-state index contributed by atoms with van der Waals surface area (Å²) in [4.78, 5) is 16.6. The minimum atomic E-state index is -0.522. The molecule has 1 aromatic carbocycles. The smallest absolute Gasteiger partial charge is 0.267 e. The number of thiophene rings is 1. The molecule has 0 fully saturated rings. The number of hydrogen-bond donors (Lipinski definition) is 2. The van der Waals surface area contributed by atoms with E-state index in [1.807, 2.05) is 0 Å². The van der Waals surface area contributed by atoms with Crippen molar-refractivity contribution in [3.05, 3.63) is 52.4 Å². The van der Waals surface area contributed by atoms with Crippen molar-refractivity contribution in [3.63, 3.8) is 0 Å². The number of nitrogens with one attached hydrogen (secondary N) is 1. The van der Waals surface area contributed by atoms with Gasteiger partial charge in [-0.1, -0.05) is 11.6 Å². The van der Waals surface area contributed by atoms with E-state index in [1.54, 1.807) is 18.5 Å².